The molecule has 0 saturated carbocycles. The maximum Gasteiger partial charge on any atom is 0.126 e. The van der Waals surface area contributed by atoms with Crippen LogP contribution in [0, 0.1) is 12.7 Å². The van der Waals surface area contributed by atoms with Crippen molar-refractivity contribution in [2.45, 2.75) is 13.0 Å². The molecule has 0 aliphatic heterocycles. The fraction of sp³-hybridized carbons (Fsp3) is 0.154. The van der Waals surface area contributed by atoms with E-state index in [1.807, 2.05) is 0 Å². The Kier molecular flexibility index (Phi) is 3.06. The summed E-state index contributed by atoms with van der Waals surface area (Å²) in [6.45, 7) is 1.71. The van der Waals surface area contributed by atoms with E-state index in [-0.39, 0.29) is 5.82 Å². The van der Waals surface area contributed by atoms with Gasteiger partial charge in [-0.25, -0.2) is 4.39 Å². The summed E-state index contributed by atoms with van der Waals surface area (Å²) in [6, 6.07) is 6.16. The molecule has 3 nitrogen and oxygen atoms in total. The van der Waals surface area contributed by atoms with Gasteiger partial charge in [0.05, 0.1) is 6.04 Å². The molecule has 0 saturated heterocycles. The first-order valence-electron chi connectivity index (χ1n) is 5.30. The van der Waals surface area contributed by atoms with Crippen LogP contribution in [0.5, 0.6) is 0 Å². The topological polar surface area (TPSA) is 64.9 Å². The van der Waals surface area contributed by atoms with E-state index < -0.39 is 6.04 Å². The number of nitrogens with two attached hydrogens (primary N) is 2. The fourth-order valence-corrected chi connectivity index (χ4v) is 1.66. The lowest BCUT2D eigenvalue weighted by Crippen LogP contribution is -2.14. The van der Waals surface area contributed by atoms with Crippen LogP contribution in [0.25, 0.3) is 0 Å². The molecule has 0 spiro atoms. The van der Waals surface area contributed by atoms with Crippen LogP contribution in [0.3, 0.4) is 0 Å². The Balaban J connectivity index is 2.40. The van der Waals surface area contributed by atoms with Crippen LogP contribution < -0.4 is 11.5 Å². The molecule has 2 aromatic rings. The number of nitrogens with zero attached hydrogens (tertiary/aromatic N) is 1. The van der Waals surface area contributed by atoms with E-state index in [4.69, 9.17) is 11.5 Å². The number of nitrogen functional groups attached to an aromatic ring is 1. The first-order valence-corrected chi connectivity index (χ1v) is 5.30. The highest BCUT2D eigenvalue weighted by molar-refractivity contribution is 5.49. The highest BCUT2D eigenvalue weighted by Crippen LogP contribution is 2.24. The first kappa shape index (κ1) is 11.5. The van der Waals surface area contributed by atoms with Crippen LogP contribution in [0.4, 0.5) is 10.1 Å². The predicted molar refractivity (Wildman–Crippen MR) is 65.8 cm³/mol. The van der Waals surface area contributed by atoms with Crippen LogP contribution in [-0.4, -0.2) is 4.98 Å². The average molecular weight is 231 g/mol. The second kappa shape index (κ2) is 4.51. The molecular weight excluding hydrogens is 217 g/mol. The Labute approximate surface area is 99.3 Å². The number of benzene rings is 1. The van der Waals surface area contributed by atoms with Crippen LogP contribution in [-0.2, 0) is 0 Å². The minimum atomic E-state index is -0.459. The lowest BCUT2D eigenvalue weighted by atomic mass is 9.99. The highest BCUT2D eigenvalue weighted by atomic mass is 19.1. The summed E-state index contributed by atoms with van der Waals surface area (Å²) >= 11 is 0. The van der Waals surface area contributed by atoms with E-state index in [1.54, 1.807) is 37.5 Å². The smallest absolute Gasteiger partial charge is 0.126 e. The molecule has 1 atom stereocenters. The van der Waals surface area contributed by atoms with Crippen molar-refractivity contribution < 1.29 is 4.39 Å². The summed E-state index contributed by atoms with van der Waals surface area (Å²) in [7, 11) is 0. The summed E-state index contributed by atoms with van der Waals surface area (Å²) in [4.78, 5) is 3.98. The predicted octanol–water partition coefficient (Wildman–Crippen LogP) is 2.16. The Bertz CT molecular complexity index is 540. The van der Waals surface area contributed by atoms with Crippen molar-refractivity contribution in [1.82, 2.24) is 4.98 Å². The third kappa shape index (κ3) is 2.26. The quantitative estimate of drug-likeness (QED) is 0.832. The van der Waals surface area contributed by atoms with Crippen LogP contribution in [0.1, 0.15) is 22.7 Å². The van der Waals surface area contributed by atoms with Gasteiger partial charge in [-0.15, -0.1) is 0 Å². The van der Waals surface area contributed by atoms with Gasteiger partial charge in [0.2, 0.25) is 0 Å². The van der Waals surface area contributed by atoms with Gasteiger partial charge in [-0.05, 0) is 30.2 Å². The van der Waals surface area contributed by atoms with Gasteiger partial charge in [0, 0.05) is 23.6 Å². The summed E-state index contributed by atoms with van der Waals surface area (Å²) in [5.74, 6) is -0.264. The third-order valence-corrected chi connectivity index (χ3v) is 2.78. The molecule has 1 aromatic carbocycles. The summed E-state index contributed by atoms with van der Waals surface area (Å²) in [6.07, 6.45) is 3.21. The molecule has 0 aliphatic rings. The summed E-state index contributed by atoms with van der Waals surface area (Å²) < 4.78 is 13.5. The Hall–Kier alpha value is -1.94. The van der Waals surface area contributed by atoms with E-state index in [0.29, 0.717) is 22.4 Å². The van der Waals surface area contributed by atoms with Gasteiger partial charge in [0.1, 0.15) is 5.82 Å². The standard InChI is InChI=1S/C13H14FN3/c1-8-2-3-9(6-11(8)14)13(16)10-7-17-5-4-12(10)15/h2-7,13H,16H2,1H3,(H2,15,17). The van der Waals surface area contributed by atoms with E-state index in [9.17, 15) is 4.39 Å². The lowest BCUT2D eigenvalue weighted by Gasteiger charge is -2.14. The van der Waals surface area contributed by atoms with Crippen molar-refractivity contribution in [3.63, 3.8) is 0 Å². The van der Waals surface area contributed by atoms with Gasteiger partial charge in [-0.1, -0.05) is 12.1 Å². The molecule has 88 valence electrons. The molecule has 17 heavy (non-hydrogen) atoms. The molecule has 2 rings (SSSR count). The van der Waals surface area contributed by atoms with Crippen molar-refractivity contribution in [2.75, 3.05) is 5.73 Å². The van der Waals surface area contributed by atoms with Crippen molar-refractivity contribution >= 4 is 5.69 Å². The monoisotopic (exact) mass is 231 g/mol. The number of hydrogen-bond donors (Lipinski definition) is 2. The Morgan fingerprint density at radius 2 is 2.06 bits per heavy atom. The highest BCUT2D eigenvalue weighted by Gasteiger charge is 2.13. The maximum atomic E-state index is 13.5. The SMILES string of the molecule is Cc1ccc(C(N)c2cnccc2N)cc1F. The van der Waals surface area contributed by atoms with E-state index >= 15 is 0 Å². The van der Waals surface area contributed by atoms with Gasteiger partial charge in [-0.3, -0.25) is 4.98 Å². The summed E-state index contributed by atoms with van der Waals surface area (Å²) in [5.41, 5.74) is 14.4. The second-order valence-electron chi connectivity index (χ2n) is 3.99. The Morgan fingerprint density at radius 1 is 1.29 bits per heavy atom. The molecule has 4 N–H and O–H groups in total. The number of aryl methyl sites for hydroxylation is 1. The van der Waals surface area contributed by atoms with Crippen molar-refractivity contribution in [3.8, 4) is 0 Å². The molecule has 0 amide bonds. The van der Waals surface area contributed by atoms with Gasteiger partial charge in [-0.2, -0.15) is 0 Å². The van der Waals surface area contributed by atoms with E-state index in [2.05, 4.69) is 4.98 Å². The minimum absolute atomic E-state index is 0.264. The number of halogens is 1. The largest absolute Gasteiger partial charge is 0.398 e. The zero-order chi connectivity index (χ0) is 12.4. The fourth-order valence-electron chi connectivity index (χ4n) is 1.66. The van der Waals surface area contributed by atoms with Crippen LogP contribution in [0.15, 0.2) is 36.7 Å². The van der Waals surface area contributed by atoms with Crippen molar-refractivity contribution in [2.24, 2.45) is 5.73 Å². The van der Waals surface area contributed by atoms with Crippen LogP contribution in [0.2, 0.25) is 0 Å². The van der Waals surface area contributed by atoms with Gasteiger partial charge in [0.25, 0.3) is 0 Å². The lowest BCUT2D eigenvalue weighted by molar-refractivity contribution is 0.614. The van der Waals surface area contributed by atoms with Gasteiger partial charge >= 0.3 is 0 Å². The normalized spacial score (nSPS) is 12.4. The molecular formula is C13H14FN3. The van der Waals surface area contributed by atoms with E-state index in [1.165, 1.54) is 6.07 Å². The maximum absolute atomic E-state index is 13.5. The zero-order valence-electron chi connectivity index (χ0n) is 9.52. The second-order valence-corrected chi connectivity index (χ2v) is 3.99. The first-order chi connectivity index (χ1) is 8.09. The van der Waals surface area contributed by atoms with E-state index in [0.717, 1.165) is 0 Å². The Morgan fingerprint density at radius 3 is 2.71 bits per heavy atom. The number of anilines is 1. The zero-order valence-corrected chi connectivity index (χ0v) is 9.52. The number of rotatable bonds is 2. The molecule has 0 aliphatic carbocycles. The number of hydrogen-bond acceptors (Lipinski definition) is 3. The molecule has 1 aromatic heterocycles. The molecule has 0 radical (unpaired) electrons. The van der Waals surface area contributed by atoms with Crippen LogP contribution >= 0.6 is 0 Å². The van der Waals surface area contributed by atoms with Crippen molar-refractivity contribution in [3.05, 3.63) is 59.2 Å². The average Bonchev–Trinajstić information content (AvgIpc) is 2.32. The number of aromatic nitrogens is 1. The van der Waals surface area contributed by atoms with Gasteiger partial charge < -0.3 is 11.5 Å². The molecule has 0 fully saturated rings. The third-order valence-electron chi connectivity index (χ3n) is 2.78. The summed E-state index contributed by atoms with van der Waals surface area (Å²) in [5, 5.41) is 0. The minimum Gasteiger partial charge on any atom is -0.398 e. The number of pyridine rings is 1. The molecule has 1 heterocycles. The molecule has 0 bridgehead atoms. The molecule has 4 heteroatoms. The van der Waals surface area contributed by atoms with Crippen molar-refractivity contribution in [1.29, 1.82) is 0 Å². The van der Waals surface area contributed by atoms with Gasteiger partial charge in [0.15, 0.2) is 0 Å². The molecule has 1 unspecified atom stereocenters.